The van der Waals surface area contributed by atoms with E-state index in [1.165, 1.54) is 0 Å². The largest absolute Gasteiger partial charge is 0.486 e. The number of fused-ring (bicyclic) bond motifs is 1. The van der Waals surface area contributed by atoms with Crippen molar-refractivity contribution in [2.45, 2.75) is 13.0 Å². The van der Waals surface area contributed by atoms with Gasteiger partial charge in [0.15, 0.2) is 11.5 Å². The lowest BCUT2D eigenvalue weighted by Crippen LogP contribution is -2.43. The van der Waals surface area contributed by atoms with E-state index < -0.39 is 12.1 Å². The number of rotatable bonds is 4. The second-order valence-corrected chi connectivity index (χ2v) is 5.51. The Morgan fingerprint density at radius 2 is 1.72 bits per heavy atom. The maximum absolute atomic E-state index is 12.3. The molecule has 1 aliphatic rings. The second-order valence-electron chi connectivity index (χ2n) is 5.51. The van der Waals surface area contributed by atoms with Crippen LogP contribution in [-0.4, -0.2) is 31.2 Å². The molecule has 130 valence electrons. The number of ether oxygens (including phenoxy) is 2. The molecule has 1 aliphatic heterocycles. The molecule has 0 spiro atoms. The van der Waals surface area contributed by atoms with Gasteiger partial charge in [0, 0.05) is 5.69 Å². The van der Waals surface area contributed by atoms with Crippen LogP contribution in [0.4, 0.5) is 16.2 Å². The third kappa shape index (κ3) is 4.20. The summed E-state index contributed by atoms with van der Waals surface area (Å²) in [5, 5.41) is 8.01. The summed E-state index contributed by atoms with van der Waals surface area (Å²) in [6.07, 6.45) is 0. The summed E-state index contributed by atoms with van der Waals surface area (Å²) in [6, 6.07) is 13.1. The molecule has 3 N–H and O–H groups in total. The molecule has 7 nitrogen and oxygen atoms in total. The van der Waals surface area contributed by atoms with E-state index in [-0.39, 0.29) is 5.91 Å². The fourth-order valence-electron chi connectivity index (χ4n) is 2.36. The van der Waals surface area contributed by atoms with Gasteiger partial charge in [-0.3, -0.25) is 4.79 Å². The van der Waals surface area contributed by atoms with Gasteiger partial charge in [0.25, 0.3) is 0 Å². The van der Waals surface area contributed by atoms with Gasteiger partial charge in [-0.25, -0.2) is 4.79 Å². The van der Waals surface area contributed by atoms with Crippen molar-refractivity contribution in [3.05, 3.63) is 48.5 Å². The molecule has 0 fully saturated rings. The standard InChI is InChI=1S/C18H19N3O4/c1-12(19-18(23)20-13-6-3-2-4-7-13)17(22)21-14-8-5-9-15-16(14)25-11-10-24-15/h2-9,12H,10-11H2,1H3,(H,21,22)(H2,19,20,23)/t12-/m0/s1. The highest BCUT2D eigenvalue weighted by molar-refractivity contribution is 6.00. The van der Waals surface area contributed by atoms with E-state index in [1.807, 2.05) is 18.2 Å². The topological polar surface area (TPSA) is 88.7 Å². The molecule has 0 saturated heterocycles. The number of hydrogen-bond donors (Lipinski definition) is 3. The van der Waals surface area contributed by atoms with Crippen LogP contribution in [0, 0.1) is 0 Å². The highest BCUT2D eigenvalue weighted by atomic mass is 16.6. The SMILES string of the molecule is C[C@H](NC(=O)Nc1ccccc1)C(=O)Nc1cccc2c1OCCO2. The van der Waals surface area contributed by atoms with Crippen LogP contribution in [0.2, 0.25) is 0 Å². The minimum atomic E-state index is -0.732. The summed E-state index contributed by atoms with van der Waals surface area (Å²) in [4.78, 5) is 24.3. The van der Waals surface area contributed by atoms with Crippen LogP contribution in [0.3, 0.4) is 0 Å². The molecule has 1 atom stereocenters. The molecule has 0 unspecified atom stereocenters. The molecule has 3 amide bonds. The first-order chi connectivity index (χ1) is 12.1. The van der Waals surface area contributed by atoms with Gasteiger partial charge in [0.1, 0.15) is 19.3 Å². The third-order valence-corrected chi connectivity index (χ3v) is 3.60. The predicted molar refractivity (Wildman–Crippen MR) is 94.1 cm³/mol. The predicted octanol–water partition coefficient (Wildman–Crippen LogP) is 2.61. The number of benzene rings is 2. The van der Waals surface area contributed by atoms with Gasteiger partial charge in [-0.1, -0.05) is 24.3 Å². The van der Waals surface area contributed by atoms with Crippen molar-refractivity contribution < 1.29 is 19.1 Å². The Morgan fingerprint density at radius 3 is 2.52 bits per heavy atom. The van der Waals surface area contributed by atoms with E-state index >= 15 is 0 Å². The Morgan fingerprint density at radius 1 is 0.960 bits per heavy atom. The molecular weight excluding hydrogens is 322 g/mol. The quantitative estimate of drug-likeness (QED) is 0.797. The van der Waals surface area contributed by atoms with Gasteiger partial charge in [-0.05, 0) is 31.2 Å². The Kier molecular flexibility index (Phi) is 5.03. The summed E-state index contributed by atoms with van der Waals surface area (Å²) in [7, 11) is 0. The lowest BCUT2D eigenvalue weighted by molar-refractivity contribution is -0.117. The normalized spacial score (nSPS) is 13.5. The van der Waals surface area contributed by atoms with Crippen LogP contribution in [0.15, 0.2) is 48.5 Å². The molecular formula is C18H19N3O4. The van der Waals surface area contributed by atoms with E-state index in [2.05, 4.69) is 16.0 Å². The van der Waals surface area contributed by atoms with Crippen LogP contribution in [0.1, 0.15) is 6.92 Å². The molecule has 2 aromatic rings. The van der Waals surface area contributed by atoms with Gasteiger partial charge in [0.05, 0.1) is 5.69 Å². The molecule has 1 heterocycles. The zero-order valence-corrected chi connectivity index (χ0v) is 13.7. The minimum Gasteiger partial charge on any atom is -0.486 e. The smallest absolute Gasteiger partial charge is 0.319 e. The first-order valence-electron chi connectivity index (χ1n) is 7.95. The number of urea groups is 1. The van der Waals surface area contributed by atoms with Crippen molar-refractivity contribution in [3.8, 4) is 11.5 Å². The number of para-hydroxylation sites is 2. The average Bonchev–Trinajstić information content (AvgIpc) is 2.62. The zero-order chi connectivity index (χ0) is 17.6. The van der Waals surface area contributed by atoms with E-state index in [4.69, 9.17) is 9.47 Å². The van der Waals surface area contributed by atoms with E-state index in [0.29, 0.717) is 36.1 Å². The fourth-order valence-corrected chi connectivity index (χ4v) is 2.36. The zero-order valence-electron chi connectivity index (χ0n) is 13.7. The van der Waals surface area contributed by atoms with Crippen LogP contribution in [-0.2, 0) is 4.79 Å². The summed E-state index contributed by atoms with van der Waals surface area (Å²) < 4.78 is 11.0. The van der Waals surface area contributed by atoms with Crippen molar-refractivity contribution >= 4 is 23.3 Å². The number of nitrogens with one attached hydrogen (secondary N) is 3. The maximum atomic E-state index is 12.3. The third-order valence-electron chi connectivity index (χ3n) is 3.60. The number of amides is 3. The molecule has 0 aliphatic carbocycles. The second kappa shape index (κ2) is 7.57. The van der Waals surface area contributed by atoms with Crippen molar-refractivity contribution in [2.24, 2.45) is 0 Å². The van der Waals surface area contributed by atoms with Crippen LogP contribution < -0.4 is 25.4 Å². The Bertz CT molecular complexity index is 764. The highest BCUT2D eigenvalue weighted by Gasteiger charge is 2.20. The Hall–Kier alpha value is -3.22. The molecule has 25 heavy (non-hydrogen) atoms. The van der Waals surface area contributed by atoms with E-state index in [9.17, 15) is 9.59 Å². The van der Waals surface area contributed by atoms with Gasteiger partial charge in [0.2, 0.25) is 5.91 Å². The first kappa shape index (κ1) is 16.6. The molecule has 0 saturated carbocycles. The van der Waals surface area contributed by atoms with Crippen molar-refractivity contribution in [3.63, 3.8) is 0 Å². The van der Waals surface area contributed by atoms with Gasteiger partial charge < -0.3 is 25.4 Å². The van der Waals surface area contributed by atoms with Crippen molar-refractivity contribution in [1.29, 1.82) is 0 Å². The van der Waals surface area contributed by atoms with Gasteiger partial charge in [-0.2, -0.15) is 0 Å². The van der Waals surface area contributed by atoms with Gasteiger partial charge >= 0.3 is 6.03 Å². The number of anilines is 2. The van der Waals surface area contributed by atoms with Crippen molar-refractivity contribution in [2.75, 3.05) is 23.8 Å². The summed E-state index contributed by atoms with van der Waals surface area (Å²) in [5.41, 5.74) is 1.16. The number of carbonyl (C=O) groups excluding carboxylic acids is 2. The Balaban J connectivity index is 1.59. The lowest BCUT2D eigenvalue weighted by Gasteiger charge is -2.22. The number of carbonyl (C=O) groups is 2. The fraction of sp³-hybridized carbons (Fsp3) is 0.222. The Labute approximate surface area is 145 Å². The lowest BCUT2D eigenvalue weighted by atomic mass is 10.2. The molecule has 0 radical (unpaired) electrons. The number of hydrogen-bond acceptors (Lipinski definition) is 4. The van der Waals surface area contributed by atoms with Gasteiger partial charge in [-0.15, -0.1) is 0 Å². The van der Waals surface area contributed by atoms with Crippen LogP contribution >= 0.6 is 0 Å². The average molecular weight is 341 g/mol. The molecule has 0 aromatic heterocycles. The maximum Gasteiger partial charge on any atom is 0.319 e. The van der Waals surface area contributed by atoms with Crippen molar-refractivity contribution in [1.82, 2.24) is 5.32 Å². The monoisotopic (exact) mass is 341 g/mol. The highest BCUT2D eigenvalue weighted by Crippen LogP contribution is 2.37. The first-order valence-corrected chi connectivity index (χ1v) is 7.95. The van der Waals surface area contributed by atoms with Crippen LogP contribution in [0.25, 0.3) is 0 Å². The van der Waals surface area contributed by atoms with E-state index in [1.54, 1.807) is 37.3 Å². The summed E-state index contributed by atoms with van der Waals surface area (Å²) in [6.45, 7) is 2.50. The molecule has 7 heteroatoms. The van der Waals surface area contributed by atoms with E-state index in [0.717, 1.165) is 0 Å². The molecule has 0 bridgehead atoms. The van der Waals surface area contributed by atoms with Crippen LogP contribution in [0.5, 0.6) is 11.5 Å². The summed E-state index contributed by atoms with van der Waals surface area (Å²) >= 11 is 0. The molecule has 3 rings (SSSR count). The minimum absolute atomic E-state index is 0.356. The molecule has 2 aromatic carbocycles. The summed E-state index contributed by atoms with van der Waals surface area (Å²) in [5.74, 6) is 0.736.